The van der Waals surface area contributed by atoms with Gasteiger partial charge in [0.2, 0.25) is 0 Å². The first-order chi connectivity index (χ1) is 8.63. The molecule has 0 unspecified atom stereocenters. The van der Waals surface area contributed by atoms with Gasteiger partial charge in [-0.3, -0.25) is 4.98 Å². The molecule has 0 radical (unpaired) electrons. The van der Waals surface area contributed by atoms with Crippen molar-refractivity contribution in [1.82, 2.24) is 4.98 Å². The Kier molecular flexibility index (Phi) is 2.77. The van der Waals surface area contributed by atoms with E-state index < -0.39 is 0 Å². The molecule has 0 bridgehead atoms. The molecule has 0 saturated heterocycles. The quantitative estimate of drug-likeness (QED) is 0.862. The zero-order valence-corrected chi connectivity index (χ0v) is 12.0. The number of aryl methyl sites for hydroxylation is 2. The van der Waals surface area contributed by atoms with Crippen LogP contribution in [0.1, 0.15) is 23.2 Å². The predicted molar refractivity (Wildman–Crippen MR) is 75.7 cm³/mol. The van der Waals surface area contributed by atoms with Crippen molar-refractivity contribution in [3.8, 4) is 0 Å². The van der Waals surface area contributed by atoms with Crippen molar-refractivity contribution in [2.75, 3.05) is 12.4 Å². The highest BCUT2D eigenvalue weighted by molar-refractivity contribution is 9.10. The van der Waals surface area contributed by atoms with Crippen molar-refractivity contribution in [2.45, 2.75) is 26.2 Å². The average Bonchev–Trinajstić information content (AvgIpc) is 2.81. The Morgan fingerprint density at radius 3 is 2.89 bits per heavy atom. The molecule has 18 heavy (non-hydrogen) atoms. The van der Waals surface area contributed by atoms with Crippen LogP contribution in [-0.4, -0.2) is 12.0 Å². The van der Waals surface area contributed by atoms with E-state index in [4.69, 9.17) is 0 Å². The first kappa shape index (κ1) is 11.9. The second-order valence-corrected chi connectivity index (χ2v) is 5.58. The molecule has 0 spiro atoms. The highest BCUT2D eigenvalue weighted by Gasteiger charge is 2.22. The fraction of sp³-hybridized carbons (Fsp3) is 0.357. The number of pyridine rings is 1. The lowest BCUT2D eigenvalue weighted by Gasteiger charge is -2.14. The van der Waals surface area contributed by atoms with Crippen LogP contribution in [0.4, 0.5) is 10.1 Å². The topological polar surface area (TPSA) is 24.9 Å². The molecule has 1 aromatic heterocycles. The number of halogens is 2. The lowest BCUT2D eigenvalue weighted by Crippen LogP contribution is -2.02. The molecule has 0 fully saturated rings. The van der Waals surface area contributed by atoms with Gasteiger partial charge in [-0.2, -0.15) is 0 Å². The van der Waals surface area contributed by atoms with Gasteiger partial charge in [-0.1, -0.05) is 0 Å². The summed E-state index contributed by atoms with van der Waals surface area (Å²) >= 11 is 3.28. The number of hydrogen-bond acceptors (Lipinski definition) is 2. The van der Waals surface area contributed by atoms with Crippen LogP contribution < -0.4 is 5.32 Å². The van der Waals surface area contributed by atoms with Crippen LogP contribution >= 0.6 is 15.9 Å². The lowest BCUT2D eigenvalue weighted by molar-refractivity contribution is 0.633. The van der Waals surface area contributed by atoms with Gasteiger partial charge >= 0.3 is 0 Å². The Hall–Kier alpha value is -1.16. The largest absolute Gasteiger partial charge is 0.387 e. The van der Waals surface area contributed by atoms with E-state index in [1.54, 1.807) is 6.07 Å². The highest BCUT2D eigenvalue weighted by atomic mass is 79.9. The number of hydrogen-bond donors (Lipinski definition) is 1. The molecule has 1 aliphatic carbocycles. The highest BCUT2D eigenvalue weighted by Crippen LogP contribution is 2.38. The maximum absolute atomic E-state index is 14.4. The molecule has 0 amide bonds. The number of benzene rings is 1. The van der Waals surface area contributed by atoms with E-state index in [1.165, 1.54) is 5.56 Å². The third kappa shape index (κ3) is 1.55. The van der Waals surface area contributed by atoms with Crippen LogP contribution in [0.25, 0.3) is 10.9 Å². The third-order valence-electron chi connectivity index (χ3n) is 3.62. The van der Waals surface area contributed by atoms with E-state index in [9.17, 15) is 4.39 Å². The molecule has 1 N–H and O–H groups in total. The fourth-order valence-corrected chi connectivity index (χ4v) is 3.34. The first-order valence-electron chi connectivity index (χ1n) is 6.11. The molecule has 2 aromatic rings. The van der Waals surface area contributed by atoms with Crippen LogP contribution in [0.15, 0.2) is 10.5 Å². The van der Waals surface area contributed by atoms with Crippen molar-refractivity contribution in [3.63, 3.8) is 0 Å². The van der Waals surface area contributed by atoms with E-state index in [2.05, 4.69) is 26.2 Å². The second-order valence-electron chi connectivity index (χ2n) is 4.73. The zero-order valence-electron chi connectivity index (χ0n) is 10.4. The van der Waals surface area contributed by atoms with E-state index >= 15 is 0 Å². The molecule has 3 rings (SSSR count). The number of rotatable bonds is 1. The summed E-state index contributed by atoms with van der Waals surface area (Å²) in [6.07, 6.45) is 3.09. The van der Waals surface area contributed by atoms with Crippen molar-refractivity contribution in [1.29, 1.82) is 0 Å². The molecule has 0 aliphatic heterocycles. The molecule has 1 aliphatic rings. The Morgan fingerprint density at radius 1 is 1.39 bits per heavy atom. The monoisotopic (exact) mass is 308 g/mol. The number of aromatic nitrogens is 1. The molecule has 1 aromatic carbocycles. The van der Waals surface area contributed by atoms with Gasteiger partial charge in [-0.05, 0) is 59.3 Å². The Labute approximate surface area is 114 Å². The number of nitrogens with one attached hydrogen (secondary N) is 1. The van der Waals surface area contributed by atoms with Crippen LogP contribution in [0.2, 0.25) is 0 Å². The van der Waals surface area contributed by atoms with Gasteiger partial charge in [0.05, 0.1) is 21.1 Å². The van der Waals surface area contributed by atoms with Gasteiger partial charge in [-0.25, -0.2) is 4.39 Å². The summed E-state index contributed by atoms with van der Waals surface area (Å²) in [5, 5.41) is 3.78. The lowest BCUT2D eigenvalue weighted by atomic mass is 10.0. The summed E-state index contributed by atoms with van der Waals surface area (Å²) in [5.74, 6) is -0.220. The standard InChI is InChI=1S/C14H14BrFN2/c1-7-6-9(15)12(16)11-13(7)18-10-5-3-4-8(10)14(11)17-2/h6H,3-5H2,1-2H3,(H,17,18). The Bertz CT molecular complexity index is 652. The van der Waals surface area contributed by atoms with Gasteiger partial charge in [-0.15, -0.1) is 0 Å². The summed E-state index contributed by atoms with van der Waals surface area (Å²) in [4.78, 5) is 4.66. The van der Waals surface area contributed by atoms with E-state index in [0.29, 0.717) is 9.86 Å². The molecule has 2 nitrogen and oxygen atoms in total. The first-order valence-corrected chi connectivity index (χ1v) is 6.90. The smallest absolute Gasteiger partial charge is 0.148 e. The van der Waals surface area contributed by atoms with E-state index in [-0.39, 0.29) is 5.82 Å². The van der Waals surface area contributed by atoms with Crippen molar-refractivity contribution < 1.29 is 4.39 Å². The molecular weight excluding hydrogens is 295 g/mol. The minimum Gasteiger partial charge on any atom is -0.387 e. The van der Waals surface area contributed by atoms with E-state index in [0.717, 1.165) is 41.7 Å². The minimum absolute atomic E-state index is 0.220. The van der Waals surface area contributed by atoms with Crippen LogP contribution in [0, 0.1) is 12.7 Å². The minimum atomic E-state index is -0.220. The summed E-state index contributed by atoms with van der Waals surface area (Å²) in [7, 11) is 1.85. The molecule has 94 valence electrons. The van der Waals surface area contributed by atoms with Crippen molar-refractivity contribution in [3.05, 3.63) is 33.2 Å². The number of fused-ring (bicyclic) bond motifs is 2. The third-order valence-corrected chi connectivity index (χ3v) is 4.20. The Morgan fingerprint density at radius 2 is 2.17 bits per heavy atom. The summed E-state index contributed by atoms with van der Waals surface area (Å²) in [5.41, 5.74) is 5.00. The molecule has 4 heteroatoms. The number of nitrogens with zero attached hydrogens (tertiary/aromatic N) is 1. The maximum Gasteiger partial charge on any atom is 0.148 e. The molecule has 0 atom stereocenters. The van der Waals surface area contributed by atoms with Crippen LogP contribution in [-0.2, 0) is 12.8 Å². The zero-order chi connectivity index (χ0) is 12.9. The molecule has 1 heterocycles. The van der Waals surface area contributed by atoms with Crippen molar-refractivity contribution in [2.24, 2.45) is 0 Å². The summed E-state index contributed by atoms with van der Waals surface area (Å²) in [6, 6.07) is 1.80. The Balaban J connectivity index is 2.51. The van der Waals surface area contributed by atoms with Gasteiger partial charge in [0, 0.05) is 12.7 Å². The maximum atomic E-state index is 14.4. The van der Waals surface area contributed by atoms with Crippen LogP contribution in [0.3, 0.4) is 0 Å². The van der Waals surface area contributed by atoms with Gasteiger partial charge in [0.25, 0.3) is 0 Å². The average molecular weight is 309 g/mol. The summed E-state index contributed by atoms with van der Waals surface area (Å²) < 4.78 is 14.9. The fourth-order valence-electron chi connectivity index (χ4n) is 2.80. The molecule has 0 saturated carbocycles. The summed E-state index contributed by atoms with van der Waals surface area (Å²) in [6.45, 7) is 1.97. The van der Waals surface area contributed by atoms with Gasteiger partial charge < -0.3 is 5.32 Å². The SMILES string of the molecule is CNc1c2c(nc3c(C)cc(Br)c(F)c13)CCC2. The predicted octanol–water partition coefficient (Wildman–Crippen LogP) is 3.98. The molecular formula is C14H14BrFN2. The van der Waals surface area contributed by atoms with Gasteiger partial charge in [0.15, 0.2) is 0 Å². The van der Waals surface area contributed by atoms with Crippen LogP contribution in [0.5, 0.6) is 0 Å². The number of anilines is 1. The van der Waals surface area contributed by atoms with E-state index in [1.807, 2.05) is 14.0 Å². The normalized spacial score (nSPS) is 14.0. The second kappa shape index (κ2) is 4.19. The van der Waals surface area contributed by atoms with Crippen molar-refractivity contribution >= 4 is 32.5 Å². The van der Waals surface area contributed by atoms with Gasteiger partial charge in [0.1, 0.15) is 5.82 Å².